The van der Waals surface area contributed by atoms with Crippen LogP contribution in [0.4, 0.5) is 0 Å². The molecule has 0 spiro atoms. The van der Waals surface area contributed by atoms with Gasteiger partial charge in [-0.15, -0.1) is 0 Å². The number of nitrogens with two attached hydrogens (primary N) is 1. The van der Waals surface area contributed by atoms with Crippen LogP contribution in [0.15, 0.2) is 45.7 Å². The number of nitrogens with one attached hydrogen (secondary N) is 1. The standard InChI is InChI=1S/C9H11ClN2O4S2/c1-7(10)6-12-18(15,16)9-4-2-8(3-5-9)17(11,13)14/h2-5,12H,1,6H2,(H2,11,13,14). The summed E-state index contributed by atoms with van der Waals surface area (Å²) in [5.41, 5.74) is 0. The lowest BCUT2D eigenvalue weighted by molar-refractivity contribution is 0.584. The van der Waals surface area contributed by atoms with E-state index in [1.807, 2.05) is 0 Å². The average Bonchev–Trinajstić information content (AvgIpc) is 2.26. The largest absolute Gasteiger partial charge is 0.240 e. The molecule has 1 rings (SSSR count). The summed E-state index contributed by atoms with van der Waals surface area (Å²) in [6.07, 6.45) is 0. The molecule has 1 aromatic rings. The minimum absolute atomic E-state index is 0.0900. The number of hydrogen-bond acceptors (Lipinski definition) is 4. The topological polar surface area (TPSA) is 106 Å². The van der Waals surface area contributed by atoms with Crippen LogP contribution in [0.2, 0.25) is 0 Å². The molecule has 0 aromatic heterocycles. The number of benzene rings is 1. The van der Waals surface area contributed by atoms with Gasteiger partial charge in [0.1, 0.15) is 0 Å². The van der Waals surface area contributed by atoms with E-state index in [2.05, 4.69) is 11.3 Å². The minimum atomic E-state index is -3.84. The lowest BCUT2D eigenvalue weighted by Crippen LogP contribution is -2.25. The van der Waals surface area contributed by atoms with Crippen LogP contribution in [-0.4, -0.2) is 23.4 Å². The Morgan fingerprint density at radius 2 is 1.61 bits per heavy atom. The fourth-order valence-corrected chi connectivity index (χ4v) is 2.75. The summed E-state index contributed by atoms with van der Waals surface area (Å²) in [6.45, 7) is 3.23. The maximum atomic E-state index is 11.7. The lowest BCUT2D eigenvalue weighted by atomic mass is 10.4. The first-order valence-corrected chi connectivity index (χ1v) is 7.99. The van der Waals surface area contributed by atoms with Gasteiger partial charge in [0, 0.05) is 11.6 Å². The van der Waals surface area contributed by atoms with Crippen molar-refractivity contribution in [3.8, 4) is 0 Å². The van der Waals surface area contributed by atoms with Crippen molar-refractivity contribution in [1.29, 1.82) is 0 Å². The van der Waals surface area contributed by atoms with E-state index < -0.39 is 20.0 Å². The highest BCUT2D eigenvalue weighted by Crippen LogP contribution is 2.13. The maximum Gasteiger partial charge on any atom is 0.240 e. The van der Waals surface area contributed by atoms with Gasteiger partial charge in [0.15, 0.2) is 0 Å². The van der Waals surface area contributed by atoms with Crippen molar-refractivity contribution in [1.82, 2.24) is 4.72 Å². The van der Waals surface area contributed by atoms with E-state index in [1.165, 1.54) is 0 Å². The Morgan fingerprint density at radius 3 is 2.00 bits per heavy atom. The summed E-state index contributed by atoms with van der Waals surface area (Å²) in [7, 11) is -7.59. The third-order valence-corrected chi connectivity index (χ3v) is 4.40. The Hall–Kier alpha value is -0.930. The Kier molecular flexibility index (Phi) is 4.51. The molecule has 0 aliphatic rings. The number of primary sulfonamides is 1. The van der Waals surface area contributed by atoms with E-state index in [4.69, 9.17) is 16.7 Å². The van der Waals surface area contributed by atoms with E-state index in [1.54, 1.807) is 0 Å². The molecule has 0 fully saturated rings. The highest BCUT2D eigenvalue weighted by molar-refractivity contribution is 7.89. The molecular formula is C9H11ClN2O4S2. The Labute approximate surface area is 111 Å². The molecule has 6 nitrogen and oxygen atoms in total. The molecule has 9 heteroatoms. The van der Waals surface area contributed by atoms with Crippen LogP contribution in [-0.2, 0) is 20.0 Å². The fraction of sp³-hybridized carbons (Fsp3) is 0.111. The molecule has 100 valence electrons. The van der Waals surface area contributed by atoms with Gasteiger partial charge in [-0.3, -0.25) is 0 Å². The molecule has 0 bridgehead atoms. The third kappa shape index (κ3) is 4.07. The van der Waals surface area contributed by atoms with Crippen molar-refractivity contribution in [2.75, 3.05) is 6.54 Å². The summed E-state index contributed by atoms with van der Waals surface area (Å²) in [5.74, 6) is 0. The van der Waals surface area contributed by atoms with Gasteiger partial charge in [-0.25, -0.2) is 26.7 Å². The first-order chi connectivity index (χ1) is 8.13. The molecule has 0 unspecified atom stereocenters. The van der Waals surface area contributed by atoms with Crippen molar-refractivity contribution in [2.24, 2.45) is 5.14 Å². The van der Waals surface area contributed by atoms with E-state index in [-0.39, 0.29) is 21.4 Å². The zero-order chi connectivity index (χ0) is 14.0. The second kappa shape index (κ2) is 5.37. The van der Waals surface area contributed by atoms with Crippen LogP contribution >= 0.6 is 11.6 Å². The zero-order valence-electron chi connectivity index (χ0n) is 9.13. The van der Waals surface area contributed by atoms with E-state index in [0.717, 1.165) is 24.3 Å². The second-order valence-electron chi connectivity index (χ2n) is 3.36. The van der Waals surface area contributed by atoms with Crippen LogP contribution in [0.5, 0.6) is 0 Å². The summed E-state index contributed by atoms with van der Waals surface area (Å²) in [6, 6.07) is 4.50. The number of halogens is 1. The highest BCUT2D eigenvalue weighted by Gasteiger charge is 2.15. The maximum absolute atomic E-state index is 11.7. The van der Waals surface area contributed by atoms with Gasteiger partial charge in [0.05, 0.1) is 9.79 Å². The first kappa shape index (κ1) is 15.1. The smallest absolute Gasteiger partial charge is 0.225 e. The number of hydrogen-bond donors (Lipinski definition) is 2. The molecule has 0 aliphatic carbocycles. The van der Waals surface area contributed by atoms with Gasteiger partial charge >= 0.3 is 0 Å². The molecule has 0 heterocycles. The number of sulfonamides is 2. The molecule has 0 amide bonds. The average molecular weight is 311 g/mol. The summed E-state index contributed by atoms with van der Waals surface area (Å²) < 4.78 is 47.6. The molecule has 0 atom stereocenters. The Balaban J connectivity index is 3.02. The van der Waals surface area contributed by atoms with Gasteiger partial charge in [-0.1, -0.05) is 18.2 Å². The molecule has 18 heavy (non-hydrogen) atoms. The molecule has 3 N–H and O–H groups in total. The van der Waals surface area contributed by atoms with Gasteiger partial charge in [0.2, 0.25) is 20.0 Å². The zero-order valence-corrected chi connectivity index (χ0v) is 11.5. The van der Waals surface area contributed by atoms with Gasteiger partial charge in [-0.05, 0) is 24.3 Å². The minimum Gasteiger partial charge on any atom is -0.225 e. The van der Waals surface area contributed by atoms with Crippen LogP contribution in [0.25, 0.3) is 0 Å². The van der Waals surface area contributed by atoms with Crippen molar-refractivity contribution in [2.45, 2.75) is 9.79 Å². The highest BCUT2D eigenvalue weighted by atomic mass is 35.5. The van der Waals surface area contributed by atoms with E-state index in [0.29, 0.717) is 0 Å². The van der Waals surface area contributed by atoms with E-state index in [9.17, 15) is 16.8 Å². The third-order valence-electron chi connectivity index (χ3n) is 1.92. The fourth-order valence-electron chi connectivity index (χ4n) is 1.07. The molecule has 0 radical (unpaired) electrons. The molecular weight excluding hydrogens is 300 g/mol. The molecule has 1 aromatic carbocycles. The number of rotatable bonds is 5. The second-order valence-corrected chi connectivity index (χ2v) is 7.22. The van der Waals surface area contributed by atoms with Gasteiger partial charge < -0.3 is 0 Å². The van der Waals surface area contributed by atoms with Crippen molar-refractivity contribution in [3.05, 3.63) is 35.9 Å². The summed E-state index contributed by atoms with van der Waals surface area (Å²) in [4.78, 5) is -0.254. The molecule has 0 saturated heterocycles. The van der Waals surface area contributed by atoms with Crippen LogP contribution in [0.3, 0.4) is 0 Å². The van der Waals surface area contributed by atoms with Crippen molar-refractivity contribution in [3.63, 3.8) is 0 Å². The normalized spacial score (nSPS) is 12.3. The summed E-state index contributed by atoms with van der Waals surface area (Å²) in [5, 5.41) is 5.03. The van der Waals surface area contributed by atoms with Crippen molar-refractivity contribution >= 4 is 31.6 Å². The van der Waals surface area contributed by atoms with Crippen LogP contribution in [0.1, 0.15) is 0 Å². The first-order valence-electron chi connectivity index (χ1n) is 4.59. The van der Waals surface area contributed by atoms with E-state index >= 15 is 0 Å². The van der Waals surface area contributed by atoms with Gasteiger partial charge in [-0.2, -0.15) is 0 Å². The Morgan fingerprint density at radius 1 is 1.17 bits per heavy atom. The van der Waals surface area contributed by atoms with Crippen LogP contribution < -0.4 is 9.86 Å². The SMILES string of the molecule is C=C(Cl)CNS(=O)(=O)c1ccc(S(N)(=O)=O)cc1. The summed E-state index contributed by atoms with van der Waals surface area (Å²) >= 11 is 5.44. The quantitative estimate of drug-likeness (QED) is 0.819. The molecule has 0 aliphatic heterocycles. The van der Waals surface area contributed by atoms with Gasteiger partial charge in [0.25, 0.3) is 0 Å². The predicted octanol–water partition coefficient (Wildman–Crippen LogP) is 0.365. The lowest BCUT2D eigenvalue weighted by Gasteiger charge is -2.06. The van der Waals surface area contributed by atoms with Crippen molar-refractivity contribution < 1.29 is 16.8 Å². The van der Waals surface area contributed by atoms with Crippen LogP contribution in [0, 0.1) is 0 Å². The Bertz CT molecular complexity index is 650. The monoisotopic (exact) mass is 310 g/mol. The molecule has 0 saturated carbocycles. The predicted molar refractivity (Wildman–Crippen MR) is 68.0 cm³/mol.